The Balaban J connectivity index is 2.18. The number of hydrogen-bond acceptors (Lipinski definition) is 2. The lowest BCUT2D eigenvalue weighted by Crippen LogP contribution is -2.29. The van der Waals surface area contributed by atoms with Crippen molar-refractivity contribution < 1.29 is 9.18 Å². The van der Waals surface area contributed by atoms with Crippen LogP contribution < -0.4 is 4.90 Å². The molecule has 2 rings (SSSR count). The standard InChI is InChI=1S/C16H14Cl2FNO/c1-2-20(13-5-3-4-12(19)9-13)10-16(21)11-6-7-14(17)15(18)8-11/h3-9H,2,10H2,1H3. The van der Waals surface area contributed by atoms with E-state index >= 15 is 0 Å². The van der Waals surface area contributed by atoms with Crippen molar-refractivity contribution in [3.63, 3.8) is 0 Å². The summed E-state index contributed by atoms with van der Waals surface area (Å²) in [5.41, 5.74) is 1.16. The van der Waals surface area contributed by atoms with Crippen LogP contribution in [-0.4, -0.2) is 18.9 Å². The van der Waals surface area contributed by atoms with E-state index in [9.17, 15) is 9.18 Å². The van der Waals surface area contributed by atoms with Gasteiger partial charge in [0.15, 0.2) is 5.78 Å². The van der Waals surface area contributed by atoms with Crippen molar-refractivity contribution in [2.75, 3.05) is 18.0 Å². The van der Waals surface area contributed by atoms with Crippen LogP contribution in [0.2, 0.25) is 10.0 Å². The van der Waals surface area contributed by atoms with Crippen LogP contribution in [0.3, 0.4) is 0 Å². The number of benzene rings is 2. The summed E-state index contributed by atoms with van der Waals surface area (Å²) in [5.74, 6) is -0.424. The zero-order chi connectivity index (χ0) is 15.4. The van der Waals surface area contributed by atoms with Gasteiger partial charge in [-0.15, -0.1) is 0 Å². The van der Waals surface area contributed by atoms with E-state index in [2.05, 4.69) is 0 Å². The fourth-order valence-electron chi connectivity index (χ4n) is 1.99. The van der Waals surface area contributed by atoms with Gasteiger partial charge in [-0.05, 0) is 43.3 Å². The molecule has 0 N–H and O–H groups in total. The Morgan fingerprint density at radius 3 is 2.52 bits per heavy atom. The van der Waals surface area contributed by atoms with Crippen molar-refractivity contribution in [1.29, 1.82) is 0 Å². The summed E-state index contributed by atoms with van der Waals surface area (Å²) in [4.78, 5) is 14.1. The van der Waals surface area contributed by atoms with Gasteiger partial charge in [-0.1, -0.05) is 29.3 Å². The van der Waals surface area contributed by atoms with Crippen LogP contribution in [0.15, 0.2) is 42.5 Å². The molecule has 0 bridgehead atoms. The van der Waals surface area contributed by atoms with Crippen molar-refractivity contribution >= 4 is 34.7 Å². The predicted molar refractivity (Wildman–Crippen MR) is 85.1 cm³/mol. The Morgan fingerprint density at radius 1 is 1.14 bits per heavy atom. The quantitative estimate of drug-likeness (QED) is 0.733. The highest BCUT2D eigenvalue weighted by atomic mass is 35.5. The van der Waals surface area contributed by atoms with Crippen LogP contribution in [0.1, 0.15) is 17.3 Å². The molecular weight excluding hydrogens is 312 g/mol. The molecule has 0 spiro atoms. The van der Waals surface area contributed by atoms with Gasteiger partial charge in [0.1, 0.15) is 5.82 Å². The maximum Gasteiger partial charge on any atom is 0.182 e. The first-order chi connectivity index (χ1) is 10.0. The van der Waals surface area contributed by atoms with Gasteiger partial charge in [0.2, 0.25) is 0 Å². The van der Waals surface area contributed by atoms with Crippen LogP contribution in [0, 0.1) is 5.82 Å². The minimum absolute atomic E-state index is 0.0975. The number of halogens is 3. The van der Waals surface area contributed by atoms with E-state index in [4.69, 9.17) is 23.2 Å². The molecule has 0 amide bonds. The molecule has 2 nitrogen and oxygen atoms in total. The molecule has 0 aromatic heterocycles. The fraction of sp³-hybridized carbons (Fsp3) is 0.188. The normalized spacial score (nSPS) is 10.5. The van der Waals surface area contributed by atoms with Crippen LogP contribution in [0.25, 0.3) is 0 Å². The maximum absolute atomic E-state index is 13.3. The molecule has 2 aromatic carbocycles. The lowest BCUT2D eigenvalue weighted by atomic mass is 10.1. The van der Waals surface area contributed by atoms with E-state index in [1.807, 2.05) is 6.92 Å². The van der Waals surface area contributed by atoms with Crippen molar-refractivity contribution in [2.45, 2.75) is 6.92 Å². The van der Waals surface area contributed by atoms with Crippen molar-refractivity contribution in [3.8, 4) is 0 Å². The molecule has 0 aliphatic carbocycles. The van der Waals surface area contributed by atoms with Gasteiger partial charge in [-0.2, -0.15) is 0 Å². The molecule has 0 atom stereocenters. The average molecular weight is 326 g/mol. The molecule has 0 aliphatic heterocycles. The highest BCUT2D eigenvalue weighted by Gasteiger charge is 2.13. The molecule has 0 aliphatic rings. The SMILES string of the molecule is CCN(CC(=O)c1ccc(Cl)c(Cl)c1)c1cccc(F)c1. The summed E-state index contributed by atoms with van der Waals surface area (Å²) in [7, 11) is 0. The predicted octanol–water partition coefficient (Wildman–Crippen LogP) is 4.84. The first-order valence-corrected chi connectivity index (χ1v) is 7.25. The molecule has 110 valence electrons. The van der Waals surface area contributed by atoms with Gasteiger partial charge < -0.3 is 4.90 Å². The Kier molecular flexibility index (Phi) is 5.21. The van der Waals surface area contributed by atoms with Crippen LogP contribution in [-0.2, 0) is 0 Å². The molecule has 0 radical (unpaired) electrons. The van der Waals surface area contributed by atoms with Gasteiger partial charge >= 0.3 is 0 Å². The van der Waals surface area contributed by atoms with Crippen LogP contribution in [0.5, 0.6) is 0 Å². The van der Waals surface area contributed by atoms with E-state index < -0.39 is 0 Å². The van der Waals surface area contributed by atoms with Gasteiger partial charge in [0, 0.05) is 17.8 Å². The molecule has 0 saturated heterocycles. The second-order valence-corrected chi connectivity index (χ2v) is 5.36. The molecule has 2 aromatic rings. The zero-order valence-electron chi connectivity index (χ0n) is 11.4. The number of rotatable bonds is 5. The van der Waals surface area contributed by atoms with E-state index in [0.717, 1.165) is 0 Å². The number of anilines is 1. The van der Waals surface area contributed by atoms with Gasteiger partial charge in [-0.3, -0.25) is 4.79 Å². The highest BCUT2D eigenvalue weighted by Crippen LogP contribution is 2.23. The zero-order valence-corrected chi connectivity index (χ0v) is 13.0. The van der Waals surface area contributed by atoms with Crippen LogP contribution in [0.4, 0.5) is 10.1 Å². The second kappa shape index (κ2) is 6.92. The first kappa shape index (κ1) is 15.8. The number of nitrogens with zero attached hydrogens (tertiary/aromatic N) is 1. The molecule has 5 heteroatoms. The molecule has 21 heavy (non-hydrogen) atoms. The summed E-state index contributed by atoms with van der Waals surface area (Å²) in [6.07, 6.45) is 0. The summed E-state index contributed by atoms with van der Waals surface area (Å²) in [6.45, 7) is 2.65. The smallest absolute Gasteiger partial charge is 0.182 e. The van der Waals surface area contributed by atoms with E-state index in [1.54, 1.807) is 35.2 Å². The summed E-state index contributed by atoms with van der Waals surface area (Å²) < 4.78 is 13.3. The van der Waals surface area contributed by atoms with E-state index in [-0.39, 0.29) is 18.1 Å². The Morgan fingerprint density at radius 2 is 1.90 bits per heavy atom. The number of Topliss-reactive ketones (excluding diaryl/α,β-unsaturated/α-hetero) is 1. The summed E-state index contributed by atoms with van der Waals surface area (Å²) in [5, 5.41) is 0.752. The minimum atomic E-state index is -0.326. The topological polar surface area (TPSA) is 20.3 Å². The molecular formula is C16H14Cl2FNO. The van der Waals surface area contributed by atoms with E-state index in [0.29, 0.717) is 27.8 Å². The van der Waals surface area contributed by atoms with Crippen molar-refractivity contribution in [2.24, 2.45) is 0 Å². The van der Waals surface area contributed by atoms with Crippen LogP contribution >= 0.6 is 23.2 Å². The lowest BCUT2D eigenvalue weighted by molar-refractivity contribution is 0.0999. The third-order valence-corrected chi connectivity index (χ3v) is 3.87. The lowest BCUT2D eigenvalue weighted by Gasteiger charge is -2.22. The number of ketones is 1. The third kappa shape index (κ3) is 3.96. The van der Waals surface area contributed by atoms with Gasteiger partial charge in [0.25, 0.3) is 0 Å². The highest BCUT2D eigenvalue weighted by molar-refractivity contribution is 6.42. The molecule has 0 heterocycles. The molecule has 0 unspecified atom stereocenters. The van der Waals surface area contributed by atoms with Gasteiger partial charge in [0.05, 0.1) is 16.6 Å². The van der Waals surface area contributed by atoms with E-state index in [1.165, 1.54) is 12.1 Å². The number of carbonyl (C=O) groups excluding carboxylic acids is 1. The van der Waals surface area contributed by atoms with Gasteiger partial charge in [-0.25, -0.2) is 4.39 Å². The Hall–Kier alpha value is -1.58. The summed E-state index contributed by atoms with van der Waals surface area (Å²) >= 11 is 11.8. The molecule has 0 saturated carbocycles. The Bertz CT molecular complexity index is 660. The van der Waals surface area contributed by atoms with Crippen molar-refractivity contribution in [1.82, 2.24) is 0 Å². The number of carbonyl (C=O) groups is 1. The third-order valence-electron chi connectivity index (χ3n) is 3.13. The minimum Gasteiger partial charge on any atom is -0.364 e. The monoisotopic (exact) mass is 325 g/mol. The fourth-order valence-corrected chi connectivity index (χ4v) is 2.29. The molecule has 0 fully saturated rings. The number of hydrogen-bond donors (Lipinski definition) is 0. The first-order valence-electron chi connectivity index (χ1n) is 6.50. The largest absolute Gasteiger partial charge is 0.364 e. The average Bonchev–Trinajstić information content (AvgIpc) is 2.47. The Labute approximate surface area is 133 Å². The summed E-state index contributed by atoms with van der Waals surface area (Å²) in [6, 6.07) is 11.0. The maximum atomic E-state index is 13.3. The van der Waals surface area contributed by atoms with Crippen molar-refractivity contribution in [3.05, 3.63) is 63.9 Å². The second-order valence-electron chi connectivity index (χ2n) is 4.55. The number of likely N-dealkylation sites (N-methyl/N-ethyl adjacent to an activating group) is 1.